The van der Waals surface area contributed by atoms with Crippen molar-refractivity contribution in [1.82, 2.24) is 15.3 Å². The average Bonchev–Trinajstić information content (AvgIpc) is 3.28. The number of benzene rings is 1. The van der Waals surface area contributed by atoms with Gasteiger partial charge in [-0.25, -0.2) is 0 Å². The molecule has 0 atom stereocenters. The van der Waals surface area contributed by atoms with Gasteiger partial charge in [0.15, 0.2) is 5.69 Å². The van der Waals surface area contributed by atoms with Gasteiger partial charge < -0.3 is 19.5 Å². The molecule has 8 nitrogen and oxygen atoms in total. The van der Waals surface area contributed by atoms with E-state index in [2.05, 4.69) is 19.8 Å². The lowest BCUT2D eigenvalue weighted by Gasteiger charge is -2.05. The number of nitrogens with zero attached hydrogens (tertiary/aromatic N) is 3. The predicted octanol–water partition coefficient (Wildman–Crippen LogP) is 2.85. The zero-order chi connectivity index (χ0) is 19.4. The molecule has 3 aromatic rings. The number of rotatable bonds is 7. The van der Waals surface area contributed by atoms with Gasteiger partial charge in [0.1, 0.15) is 11.5 Å². The summed E-state index contributed by atoms with van der Waals surface area (Å²) in [7, 11) is 0. The molecule has 1 aromatic carbocycles. The molecule has 2 heterocycles. The van der Waals surface area contributed by atoms with Crippen molar-refractivity contribution in [3.63, 3.8) is 0 Å². The van der Waals surface area contributed by atoms with E-state index in [1.165, 1.54) is 18.2 Å². The van der Waals surface area contributed by atoms with Gasteiger partial charge in [-0.2, -0.15) is 18.2 Å². The molecular formula is C16H13F3N4O4. The van der Waals surface area contributed by atoms with E-state index in [9.17, 15) is 18.0 Å². The fraction of sp³-hybridized carbons (Fsp3) is 0.250. The Morgan fingerprint density at radius 1 is 1.15 bits per heavy atom. The lowest BCUT2D eigenvalue weighted by molar-refractivity contribution is -0.159. The molecule has 11 heteroatoms. The highest BCUT2D eigenvalue weighted by atomic mass is 19.4. The first kappa shape index (κ1) is 18.4. The molecule has 0 spiro atoms. The number of hydrogen-bond donors (Lipinski definition) is 1. The minimum atomic E-state index is -4.68. The molecule has 1 amide bonds. The summed E-state index contributed by atoms with van der Waals surface area (Å²) in [6, 6.07) is 7.68. The Bertz CT molecular complexity index is 918. The number of primary amides is 1. The molecule has 0 bridgehead atoms. The summed E-state index contributed by atoms with van der Waals surface area (Å²) < 4.78 is 52.1. The number of nitrogens with two attached hydrogens (primary N) is 1. The molecule has 3 rings (SSSR count). The molecule has 2 aromatic heterocycles. The molecule has 2 N–H and O–H groups in total. The van der Waals surface area contributed by atoms with Crippen molar-refractivity contribution < 1.29 is 31.7 Å². The van der Waals surface area contributed by atoms with E-state index >= 15 is 0 Å². The fourth-order valence-corrected chi connectivity index (χ4v) is 2.14. The molecule has 0 unspecified atom stereocenters. The van der Waals surface area contributed by atoms with Crippen molar-refractivity contribution in [3.05, 3.63) is 47.7 Å². The van der Waals surface area contributed by atoms with Crippen LogP contribution in [0.4, 0.5) is 13.2 Å². The van der Waals surface area contributed by atoms with Crippen LogP contribution in [0, 0.1) is 0 Å². The quantitative estimate of drug-likeness (QED) is 0.624. The minimum absolute atomic E-state index is 0.0663. The molecule has 142 valence electrons. The number of halogens is 3. The Morgan fingerprint density at radius 2 is 1.89 bits per heavy atom. The number of ether oxygens (including phenoxy) is 1. The maximum Gasteiger partial charge on any atom is 0.471 e. The highest BCUT2D eigenvalue weighted by molar-refractivity contribution is 5.90. The van der Waals surface area contributed by atoms with Gasteiger partial charge in [-0.3, -0.25) is 4.79 Å². The number of aryl methyl sites for hydroxylation is 1. The molecule has 0 fully saturated rings. The number of amides is 1. The van der Waals surface area contributed by atoms with Crippen LogP contribution in [0.2, 0.25) is 0 Å². The molecule has 27 heavy (non-hydrogen) atoms. The summed E-state index contributed by atoms with van der Waals surface area (Å²) in [5.74, 6) is -1.19. The first-order chi connectivity index (χ1) is 12.8. The van der Waals surface area contributed by atoms with E-state index < -0.39 is 18.0 Å². The van der Waals surface area contributed by atoms with Crippen molar-refractivity contribution in [2.45, 2.75) is 19.0 Å². The summed E-state index contributed by atoms with van der Waals surface area (Å²) in [5, 5.41) is 6.84. The summed E-state index contributed by atoms with van der Waals surface area (Å²) in [5.41, 5.74) is 5.51. The molecule has 0 saturated carbocycles. The second-order valence-corrected chi connectivity index (χ2v) is 5.44. The van der Waals surface area contributed by atoms with E-state index in [4.69, 9.17) is 15.0 Å². The summed E-state index contributed by atoms with van der Waals surface area (Å²) in [4.78, 5) is 14.2. The summed E-state index contributed by atoms with van der Waals surface area (Å²) in [6.07, 6.45) is -3.59. The smallest absolute Gasteiger partial charge is 0.471 e. The van der Waals surface area contributed by atoms with Crippen molar-refractivity contribution in [2.75, 3.05) is 6.61 Å². The van der Waals surface area contributed by atoms with Gasteiger partial charge in [0, 0.05) is 18.1 Å². The van der Waals surface area contributed by atoms with Crippen LogP contribution in [0.3, 0.4) is 0 Å². The second-order valence-electron chi connectivity index (χ2n) is 5.44. The van der Waals surface area contributed by atoms with Crippen molar-refractivity contribution in [3.8, 4) is 17.1 Å². The van der Waals surface area contributed by atoms with Gasteiger partial charge in [0.05, 0.1) is 6.61 Å². The lowest BCUT2D eigenvalue weighted by atomic mass is 10.2. The lowest BCUT2D eigenvalue weighted by Crippen LogP contribution is -2.10. The normalized spacial score (nSPS) is 11.5. The van der Waals surface area contributed by atoms with E-state index in [1.54, 1.807) is 12.1 Å². The van der Waals surface area contributed by atoms with Gasteiger partial charge in [0.25, 0.3) is 5.91 Å². The predicted molar refractivity (Wildman–Crippen MR) is 83.6 cm³/mol. The summed E-state index contributed by atoms with van der Waals surface area (Å²) in [6.45, 7) is 0.354. The minimum Gasteiger partial charge on any atom is -0.494 e. The van der Waals surface area contributed by atoms with Gasteiger partial charge in [-0.15, -0.1) is 0 Å². The van der Waals surface area contributed by atoms with E-state index in [0.717, 1.165) is 0 Å². The van der Waals surface area contributed by atoms with Crippen LogP contribution in [0.5, 0.6) is 5.75 Å². The van der Waals surface area contributed by atoms with Crippen LogP contribution in [0.1, 0.15) is 28.6 Å². The average molecular weight is 382 g/mol. The molecule has 0 radical (unpaired) electrons. The Kier molecular flexibility index (Phi) is 5.10. The highest BCUT2D eigenvalue weighted by Crippen LogP contribution is 2.29. The third-order valence-corrected chi connectivity index (χ3v) is 3.43. The zero-order valence-corrected chi connectivity index (χ0v) is 13.7. The number of carbonyl (C=O) groups excluding carboxylic acids is 1. The third-order valence-electron chi connectivity index (χ3n) is 3.43. The molecule has 0 aliphatic carbocycles. The zero-order valence-electron chi connectivity index (χ0n) is 13.7. The van der Waals surface area contributed by atoms with Gasteiger partial charge in [0.2, 0.25) is 5.82 Å². The molecule has 0 aliphatic rings. The van der Waals surface area contributed by atoms with Crippen LogP contribution in [0.15, 0.2) is 39.4 Å². The highest BCUT2D eigenvalue weighted by Gasteiger charge is 2.38. The Morgan fingerprint density at radius 3 is 2.48 bits per heavy atom. The summed E-state index contributed by atoms with van der Waals surface area (Å²) >= 11 is 0. The fourth-order valence-electron chi connectivity index (χ4n) is 2.14. The van der Waals surface area contributed by atoms with Crippen molar-refractivity contribution in [1.29, 1.82) is 0 Å². The first-order valence-corrected chi connectivity index (χ1v) is 7.72. The number of hydrogen-bond acceptors (Lipinski definition) is 7. The van der Waals surface area contributed by atoms with Crippen molar-refractivity contribution in [2.24, 2.45) is 5.73 Å². The van der Waals surface area contributed by atoms with Gasteiger partial charge in [-0.05, 0) is 30.7 Å². The number of alkyl halides is 3. The van der Waals surface area contributed by atoms with Gasteiger partial charge >= 0.3 is 12.1 Å². The Balaban J connectivity index is 1.50. The van der Waals surface area contributed by atoms with Crippen LogP contribution >= 0.6 is 0 Å². The van der Waals surface area contributed by atoms with Gasteiger partial charge in [-0.1, -0.05) is 10.3 Å². The standard InChI is InChI=1S/C16H13F3N4O4/c17-16(18,19)15-21-14(23-27-15)9-3-5-10(6-4-9)25-7-1-2-11-8-12(13(20)24)22-26-11/h3-6,8H,1-2,7H2,(H2,20,24). The van der Waals surface area contributed by atoms with Crippen LogP contribution < -0.4 is 10.5 Å². The van der Waals surface area contributed by atoms with E-state index in [-0.39, 0.29) is 11.5 Å². The van der Waals surface area contributed by atoms with E-state index in [1.807, 2.05) is 0 Å². The largest absolute Gasteiger partial charge is 0.494 e. The first-order valence-electron chi connectivity index (χ1n) is 7.72. The third kappa shape index (κ3) is 4.63. The Hall–Kier alpha value is -3.37. The number of aromatic nitrogens is 3. The molecular weight excluding hydrogens is 369 g/mol. The monoisotopic (exact) mass is 382 g/mol. The SMILES string of the molecule is NC(=O)c1cc(CCCOc2ccc(-c3noc(C(F)(F)F)n3)cc2)on1. The number of carbonyl (C=O) groups is 1. The Labute approximate surface area is 150 Å². The van der Waals surface area contributed by atoms with Crippen LogP contribution in [-0.4, -0.2) is 27.8 Å². The maximum absolute atomic E-state index is 12.5. The molecule has 0 saturated heterocycles. The second kappa shape index (κ2) is 7.48. The van der Waals surface area contributed by atoms with E-state index in [0.29, 0.717) is 36.5 Å². The van der Waals surface area contributed by atoms with Crippen LogP contribution in [-0.2, 0) is 12.6 Å². The molecule has 0 aliphatic heterocycles. The van der Waals surface area contributed by atoms with Crippen molar-refractivity contribution >= 4 is 5.91 Å². The van der Waals surface area contributed by atoms with Crippen LogP contribution in [0.25, 0.3) is 11.4 Å². The maximum atomic E-state index is 12.5. The topological polar surface area (TPSA) is 117 Å².